The highest BCUT2D eigenvalue weighted by atomic mass is 32.2. The molecule has 2 aromatic rings. The van der Waals surface area contributed by atoms with Crippen LogP contribution in [0.1, 0.15) is 35.0 Å². The van der Waals surface area contributed by atoms with Gasteiger partial charge in [0.15, 0.2) is 10.8 Å². The Labute approximate surface area is 212 Å². The van der Waals surface area contributed by atoms with Crippen molar-refractivity contribution in [3.63, 3.8) is 0 Å². The van der Waals surface area contributed by atoms with Crippen LogP contribution >= 0.6 is 23.1 Å². The molecule has 0 aliphatic carbocycles. The van der Waals surface area contributed by atoms with Crippen LogP contribution in [0, 0.1) is 0 Å². The second kappa shape index (κ2) is 10.4. The number of carbonyl (C=O) groups excluding carboxylic acids is 2. The Bertz CT molecular complexity index is 1310. The van der Waals surface area contributed by atoms with Gasteiger partial charge >= 0.3 is 11.9 Å². The smallest absolute Gasteiger partial charge is 0.352 e. The topological polar surface area (TPSA) is 185 Å². The quantitative estimate of drug-likeness (QED) is 0.210. The number of aliphatic carboxylic acids is 1. The number of anilines is 1. The normalized spacial score (nSPS) is 19.4. The van der Waals surface area contributed by atoms with E-state index in [-0.39, 0.29) is 34.4 Å². The molecule has 2 aliphatic rings. The lowest BCUT2D eigenvalue weighted by Crippen LogP contribution is -2.71. The molecule has 5 N–H and O–H groups in total. The van der Waals surface area contributed by atoms with Gasteiger partial charge in [-0.1, -0.05) is 24.2 Å². The Hall–Kier alpha value is -3.91. The molecular weight excluding hydrogens is 510 g/mol. The SMILES string of the molecule is CCC1=C(C(=O)O)N2C(=O)[C@@H](NC(=O)/C(=N\OCc3cccc(C(=O)O)c3)c3csc(N)n3)[C@H]2SC1. The minimum atomic E-state index is -1.18. The van der Waals surface area contributed by atoms with Crippen molar-refractivity contribution in [2.24, 2.45) is 5.16 Å². The van der Waals surface area contributed by atoms with Gasteiger partial charge in [0.1, 0.15) is 29.4 Å². The number of hydrogen-bond donors (Lipinski definition) is 4. The summed E-state index contributed by atoms with van der Waals surface area (Å²) in [5, 5.41) is 26.4. The first kappa shape index (κ1) is 25.2. The van der Waals surface area contributed by atoms with Crippen molar-refractivity contribution >= 4 is 57.7 Å². The number of oxime groups is 1. The summed E-state index contributed by atoms with van der Waals surface area (Å²) in [6, 6.07) is 5.09. The number of carbonyl (C=O) groups is 4. The molecule has 2 atom stereocenters. The van der Waals surface area contributed by atoms with Crippen LogP contribution in [0.25, 0.3) is 0 Å². The summed E-state index contributed by atoms with van der Waals surface area (Å²) in [7, 11) is 0. The van der Waals surface area contributed by atoms with Gasteiger partial charge in [0.05, 0.1) is 5.56 Å². The second-order valence-corrected chi connectivity index (χ2v) is 9.76. The number of thioether (sulfide) groups is 1. The van der Waals surface area contributed by atoms with E-state index in [0.717, 1.165) is 11.3 Å². The van der Waals surface area contributed by atoms with Crippen LogP contribution in [-0.4, -0.2) is 66.7 Å². The van der Waals surface area contributed by atoms with Crippen molar-refractivity contribution in [2.45, 2.75) is 31.4 Å². The summed E-state index contributed by atoms with van der Waals surface area (Å²) in [4.78, 5) is 59.4. The van der Waals surface area contributed by atoms with Gasteiger partial charge in [0, 0.05) is 11.1 Å². The van der Waals surface area contributed by atoms with Crippen LogP contribution in [0.4, 0.5) is 5.13 Å². The third kappa shape index (κ3) is 4.90. The minimum Gasteiger partial charge on any atom is -0.478 e. The van der Waals surface area contributed by atoms with E-state index >= 15 is 0 Å². The van der Waals surface area contributed by atoms with Crippen molar-refractivity contribution < 1.29 is 34.2 Å². The molecule has 0 saturated carbocycles. The van der Waals surface area contributed by atoms with E-state index in [1.54, 1.807) is 12.1 Å². The Morgan fingerprint density at radius 3 is 2.72 bits per heavy atom. The number of nitrogens with two attached hydrogens (primary N) is 1. The molecule has 188 valence electrons. The minimum absolute atomic E-state index is 0.0372. The van der Waals surface area contributed by atoms with Crippen LogP contribution in [0.5, 0.6) is 0 Å². The number of aromatic nitrogens is 1. The average molecular weight is 532 g/mol. The molecule has 1 aromatic heterocycles. The third-order valence-corrected chi connectivity index (χ3v) is 7.52. The van der Waals surface area contributed by atoms with Crippen molar-refractivity contribution in [2.75, 3.05) is 11.5 Å². The van der Waals surface area contributed by atoms with Crippen LogP contribution < -0.4 is 11.1 Å². The zero-order chi connectivity index (χ0) is 26.0. The summed E-state index contributed by atoms with van der Waals surface area (Å²) in [5.41, 5.74) is 6.81. The Kier molecular flexibility index (Phi) is 7.26. The molecule has 1 aromatic carbocycles. The first-order valence-electron chi connectivity index (χ1n) is 10.7. The van der Waals surface area contributed by atoms with E-state index in [9.17, 15) is 24.3 Å². The fourth-order valence-corrected chi connectivity index (χ4v) is 5.73. The number of benzene rings is 1. The molecule has 1 fully saturated rings. The van der Waals surface area contributed by atoms with Gasteiger partial charge in [-0.15, -0.1) is 23.1 Å². The average Bonchev–Trinajstić information content (AvgIpc) is 3.29. The first-order valence-corrected chi connectivity index (χ1v) is 12.6. The summed E-state index contributed by atoms with van der Waals surface area (Å²) >= 11 is 2.45. The number of aromatic carboxylic acids is 1. The molecule has 0 unspecified atom stereocenters. The van der Waals surface area contributed by atoms with Gasteiger partial charge in [-0.3, -0.25) is 14.5 Å². The number of hydrogen-bond acceptors (Lipinski definition) is 10. The fourth-order valence-electron chi connectivity index (χ4n) is 3.73. The van der Waals surface area contributed by atoms with Crippen molar-refractivity contribution in [3.05, 3.63) is 57.7 Å². The van der Waals surface area contributed by atoms with E-state index in [0.29, 0.717) is 23.3 Å². The van der Waals surface area contributed by atoms with Crippen molar-refractivity contribution in [1.29, 1.82) is 0 Å². The summed E-state index contributed by atoms with van der Waals surface area (Å²) in [6.45, 7) is 1.70. The van der Waals surface area contributed by atoms with E-state index in [4.69, 9.17) is 15.7 Å². The predicted molar refractivity (Wildman–Crippen MR) is 131 cm³/mol. The molecule has 3 heterocycles. The van der Waals surface area contributed by atoms with Gasteiger partial charge in [-0.2, -0.15) is 0 Å². The fraction of sp³-hybridized carbons (Fsp3) is 0.273. The lowest BCUT2D eigenvalue weighted by Gasteiger charge is -2.49. The molecule has 36 heavy (non-hydrogen) atoms. The third-order valence-electron chi connectivity index (χ3n) is 5.50. The maximum Gasteiger partial charge on any atom is 0.352 e. The zero-order valence-corrected chi connectivity index (χ0v) is 20.5. The monoisotopic (exact) mass is 531 g/mol. The Balaban J connectivity index is 1.51. The van der Waals surface area contributed by atoms with Gasteiger partial charge in [0.2, 0.25) is 0 Å². The number of rotatable bonds is 9. The van der Waals surface area contributed by atoms with Crippen LogP contribution in [0.3, 0.4) is 0 Å². The van der Waals surface area contributed by atoms with Crippen LogP contribution in [0.15, 0.2) is 46.1 Å². The number of β-lactam (4-membered cyclic amide) rings is 1. The maximum absolute atomic E-state index is 13.1. The molecule has 2 aliphatic heterocycles. The maximum atomic E-state index is 13.1. The number of fused-ring (bicyclic) bond motifs is 1. The highest BCUT2D eigenvalue weighted by Crippen LogP contribution is 2.41. The van der Waals surface area contributed by atoms with Crippen molar-refractivity contribution in [1.82, 2.24) is 15.2 Å². The number of carboxylic acids is 2. The zero-order valence-electron chi connectivity index (χ0n) is 18.8. The number of carboxylic acid groups (broad SMARTS) is 2. The van der Waals surface area contributed by atoms with Gasteiger partial charge in [-0.05, 0) is 29.7 Å². The van der Waals surface area contributed by atoms with E-state index in [1.165, 1.54) is 34.2 Å². The molecule has 2 amide bonds. The molecule has 0 bridgehead atoms. The molecule has 0 spiro atoms. The number of thiazole rings is 1. The second-order valence-electron chi connectivity index (χ2n) is 7.76. The number of nitrogen functional groups attached to an aromatic ring is 1. The summed E-state index contributed by atoms with van der Waals surface area (Å²) < 4.78 is 0. The molecule has 4 rings (SSSR count). The van der Waals surface area contributed by atoms with Gasteiger partial charge in [0.25, 0.3) is 11.8 Å². The number of amides is 2. The summed E-state index contributed by atoms with van der Waals surface area (Å²) in [5.74, 6) is -3.13. The standard InChI is InChI=1S/C22H21N5O7S2/c1-2-11-8-35-19-15(18(29)27(19)16(11)21(32)33)25-17(28)14(13-9-36-22(23)24-13)26-34-7-10-4-3-5-12(6-10)20(30)31/h3-6,9,15,19H,2,7-8H2,1H3,(H2,23,24)(H,25,28)(H,30,31)(H,32,33)/b26-14-/t15-,19-/m1/s1. The molecular formula is C22H21N5O7S2. The number of nitrogens with zero attached hydrogens (tertiary/aromatic N) is 3. The van der Waals surface area contributed by atoms with Gasteiger partial charge < -0.3 is 26.1 Å². The molecule has 1 saturated heterocycles. The molecule has 14 heteroatoms. The largest absolute Gasteiger partial charge is 0.478 e. The first-order chi connectivity index (χ1) is 17.2. The summed E-state index contributed by atoms with van der Waals surface area (Å²) in [6.07, 6.45) is 0.497. The van der Waals surface area contributed by atoms with Gasteiger partial charge in [-0.25, -0.2) is 14.6 Å². The van der Waals surface area contributed by atoms with Crippen molar-refractivity contribution in [3.8, 4) is 0 Å². The molecule has 0 radical (unpaired) electrons. The number of nitrogens with one attached hydrogen (secondary N) is 1. The highest BCUT2D eigenvalue weighted by molar-refractivity contribution is 8.00. The van der Waals surface area contributed by atoms with Crippen LogP contribution in [-0.2, 0) is 25.8 Å². The lowest BCUT2D eigenvalue weighted by molar-refractivity contribution is -0.150. The van der Waals surface area contributed by atoms with E-state index in [2.05, 4.69) is 15.5 Å². The Morgan fingerprint density at radius 2 is 2.08 bits per heavy atom. The lowest BCUT2D eigenvalue weighted by atomic mass is 10.0. The Morgan fingerprint density at radius 1 is 1.31 bits per heavy atom. The van der Waals surface area contributed by atoms with Crippen LogP contribution in [0.2, 0.25) is 0 Å². The highest BCUT2D eigenvalue weighted by Gasteiger charge is 2.54. The van der Waals surface area contributed by atoms with E-state index in [1.807, 2.05) is 6.92 Å². The molecule has 12 nitrogen and oxygen atoms in total. The predicted octanol–water partition coefficient (Wildman–Crippen LogP) is 1.49. The van der Waals surface area contributed by atoms with E-state index < -0.39 is 35.2 Å².